The topological polar surface area (TPSA) is 76.4 Å². The molecule has 3 aromatic rings. The monoisotopic (exact) mass is 376 g/mol. The highest BCUT2D eigenvalue weighted by Gasteiger charge is 2.29. The molecule has 0 saturated carbocycles. The first-order valence-corrected chi connectivity index (χ1v) is 9.85. The van der Waals surface area contributed by atoms with E-state index in [0.717, 1.165) is 29.9 Å². The molecule has 0 unspecified atom stereocenters. The second-order valence-electron chi connectivity index (χ2n) is 6.16. The van der Waals surface area contributed by atoms with Gasteiger partial charge in [0.1, 0.15) is 4.90 Å². The number of hydrogen-bond acceptors (Lipinski definition) is 5. The Hall–Kier alpha value is -1.96. The largest absolute Gasteiger partial charge is 0.311 e. The van der Waals surface area contributed by atoms with Gasteiger partial charge in [0, 0.05) is 17.3 Å². The highest BCUT2D eigenvalue weighted by atomic mass is 35.5. The van der Waals surface area contributed by atoms with Crippen LogP contribution in [0.4, 0.5) is 0 Å². The lowest BCUT2D eigenvalue weighted by atomic mass is 10.1. The van der Waals surface area contributed by atoms with Crippen LogP contribution in [-0.2, 0) is 22.8 Å². The maximum atomic E-state index is 13.2. The fourth-order valence-corrected chi connectivity index (χ4v) is 5.18. The molecule has 0 fully saturated rings. The number of benzene rings is 1. The molecular formula is C17H17ClN4O2S. The van der Waals surface area contributed by atoms with E-state index < -0.39 is 9.84 Å². The van der Waals surface area contributed by atoms with Crippen LogP contribution in [-0.4, -0.2) is 29.6 Å². The van der Waals surface area contributed by atoms with Crippen LogP contribution in [0.25, 0.3) is 5.65 Å². The zero-order valence-electron chi connectivity index (χ0n) is 13.9. The van der Waals surface area contributed by atoms with E-state index in [1.807, 2.05) is 6.92 Å². The number of nitrogens with one attached hydrogen (secondary N) is 1. The SMILES string of the molecule is Cc1nc2c(S(=O)(=O)c3cccc(Cl)c3)c(C)nn2c2c1CCNC2. The number of fused-ring (bicyclic) bond motifs is 3. The summed E-state index contributed by atoms with van der Waals surface area (Å²) in [6, 6.07) is 6.26. The van der Waals surface area contributed by atoms with E-state index in [0.29, 0.717) is 22.9 Å². The lowest BCUT2D eigenvalue weighted by molar-refractivity contribution is 0.595. The van der Waals surface area contributed by atoms with Crippen LogP contribution >= 0.6 is 11.6 Å². The van der Waals surface area contributed by atoms with Gasteiger partial charge < -0.3 is 5.32 Å². The van der Waals surface area contributed by atoms with Crippen molar-refractivity contribution in [3.63, 3.8) is 0 Å². The van der Waals surface area contributed by atoms with Gasteiger partial charge in [-0.05, 0) is 50.6 Å². The zero-order chi connectivity index (χ0) is 17.8. The Balaban J connectivity index is 2.03. The van der Waals surface area contributed by atoms with E-state index in [-0.39, 0.29) is 9.79 Å². The standard InChI is InChI=1S/C17H17ClN4O2S/c1-10-14-6-7-19-9-15(14)22-17(20-10)16(11(2)21-22)25(23,24)13-5-3-4-12(18)8-13/h3-5,8,19H,6-7,9H2,1-2H3. The molecule has 4 rings (SSSR count). The summed E-state index contributed by atoms with van der Waals surface area (Å²) in [7, 11) is -3.77. The van der Waals surface area contributed by atoms with Gasteiger partial charge in [0.25, 0.3) is 0 Å². The summed E-state index contributed by atoms with van der Waals surface area (Å²) in [5.41, 5.74) is 3.78. The van der Waals surface area contributed by atoms with E-state index in [2.05, 4.69) is 15.4 Å². The van der Waals surface area contributed by atoms with Crippen molar-refractivity contribution in [1.82, 2.24) is 19.9 Å². The Morgan fingerprint density at radius 3 is 2.80 bits per heavy atom. The first kappa shape index (κ1) is 16.5. The van der Waals surface area contributed by atoms with E-state index in [1.165, 1.54) is 12.1 Å². The number of nitrogens with zero attached hydrogens (tertiary/aromatic N) is 3. The number of aromatic nitrogens is 3. The molecule has 3 heterocycles. The predicted octanol–water partition coefficient (Wildman–Crippen LogP) is 2.48. The molecule has 0 bridgehead atoms. The maximum Gasteiger partial charge on any atom is 0.212 e. The van der Waals surface area contributed by atoms with Crippen LogP contribution in [0.1, 0.15) is 22.6 Å². The molecule has 0 saturated heterocycles. The number of hydrogen-bond donors (Lipinski definition) is 1. The van der Waals surface area contributed by atoms with Gasteiger partial charge in [-0.25, -0.2) is 17.9 Å². The van der Waals surface area contributed by atoms with Gasteiger partial charge in [-0.15, -0.1) is 0 Å². The van der Waals surface area contributed by atoms with Gasteiger partial charge in [0.15, 0.2) is 5.65 Å². The molecule has 8 heteroatoms. The summed E-state index contributed by atoms with van der Waals surface area (Å²) in [4.78, 5) is 4.88. The van der Waals surface area contributed by atoms with Crippen molar-refractivity contribution in [3.05, 3.63) is 51.9 Å². The summed E-state index contributed by atoms with van der Waals surface area (Å²) in [6.07, 6.45) is 0.861. The molecular weight excluding hydrogens is 360 g/mol. The van der Waals surface area contributed by atoms with Crippen molar-refractivity contribution in [3.8, 4) is 0 Å². The Kier molecular flexibility index (Phi) is 3.82. The zero-order valence-corrected chi connectivity index (χ0v) is 15.4. The fraction of sp³-hybridized carbons (Fsp3) is 0.294. The molecule has 1 N–H and O–H groups in total. The number of rotatable bonds is 2. The van der Waals surface area contributed by atoms with Crippen molar-refractivity contribution < 1.29 is 8.42 Å². The summed E-state index contributed by atoms with van der Waals surface area (Å²) < 4.78 is 28.1. The highest BCUT2D eigenvalue weighted by molar-refractivity contribution is 7.91. The summed E-state index contributed by atoms with van der Waals surface area (Å²) in [5, 5.41) is 8.17. The molecule has 6 nitrogen and oxygen atoms in total. The van der Waals surface area contributed by atoms with Crippen molar-refractivity contribution >= 4 is 27.1 Å². The average Bonchev–Trinajstić information content (AvgIpc) is 2.92. The molecule has 0 spiro atoms. The summed E-state index contributed by atoms with van der Waals surface area (Å²) in [6.45, 7) is 5.15. The van der Waals surface area contributed by atoms with Gasteiger partial charge in [-0.3, -0.25) is 0 Å². The molecule has 1 aromatic carbocycles. The van der Waals surface area contributed by atoms with E-state index in [1.54, 1.807) is 23.6 Å². The molecule has 25 heavy (non-hydrogen) atoms. The first-order chi connectivity index (χ1) is 11.9. The molecule has 1 aliphatic rings. The highest BCUT2D eigenvalue weighted by Crippen LogP contribution is 2.30. The average molecular weight is 377 g/mol. The molecule has 1 aliphatic heterocycles. The van der Waals surface area contributed by atoms with Crippen molar-refractivity contribution in [2.75, 3.05) is 6.54 Å². The third-order valence-electron chi connectivity index (χ3n) is 4.52. The molecule has 0 aliphatic carbocycles. The van der Waals surface area contributed by atoms with E-state index in [9.17, 15) is 8.42 Å². The molecule has 0 amide bonds. The predicted molar refractivity (Wildman–Crippen MR) is 94.8 cm³/mol. The summed E-state index contributed by atoms with van der Waals surface area (Å²) >= 11 is 5.98. The maximum absolute atomic E-state index is 13.2. The lowest BCUT2D eigenvalue weighted by Gasteiger charge is -2.19. The van der Waals surface area contributed by atoms with Crippen LogP contribution in [0, 0.1) is 13.8 Å². The molecule has 2 aromatic heterocycles. The molecule has 0 radical (unpaired) electrons. The lowest BCUT2D eigenvalue weighted by Crippen LogP contribution is -2.27. The Morgan fingerprint density at radius 2 is 2.04 bits per heavy atom. The quantitative estimate of drug-likeness (QED) is 0.743. The Labute approximate surface area is 150 Å². The van der Waals surface area contributed by atoms with Crippen molar-refractivity contribution in [2.24, 2.45) is 0 Å². The third-order valence-corrected chi connectivity index (χ3v) is 6.64. The number of sulfone groups is 1. The molecule has 0 atom stereocenters. The molecule has 130 valence electrons. The van der Waals surface area contributed by atoms with Crippen molar-refractivity contribution in [1.29, 1.82) is 0 Å². The van der Waals surface area contributed by atoms with E-state index >= 15 is 0 Å². The van der Waals surface area contributed by atoms with Gasteiger partial charge in [-0.1, -0.05) is 17.7 Å². The minimum atomic E-state index is -3.77. The van der Waals surface area contributed by atoms with Gasteiger partial charge in [0.2, 0.25) is 9.84 Å². The van der Waals surface area contributed by atoms with Crippen LogP contribution in [0.3, 0.4) is 0 Å². The van der Waals surface area contributed by atoms with Crippen LogP contribution in [0.2, 0.25) is 5.02 Å². The third kappa shape index (κ3) is 2.54. The second-order valence-corrected chi connectivity index (χ2v) is 8.48. The minimum absolute atomic E-state index is 0.145. The normalized spacial score (nSPS) is 14.7. The summed E-state index contributed by atoms with van der Waals surface area (Å²) in [5.74, 6) is 0. The van der Waals surface area contributed by atoms with Gasteiger partial charge >= 0.3 is 0 Å². The Morgan fingerprint density at radius 1 is 1.24 bits per heavy atom. The first-order valence-electron chi connectivity index (χ1n) is 7.98. The van der Waals surface area contributed by atoms with Gasteiger partial charge in [0.05, 0.1) is 16.3 Å². The number of aryl methyl sites for hydroxylation is 2. The van der Waals surface area contributed by atoms with E-state index in [4.69, 9.17) is 11.6 Å². The second kappa shape index (κ2) is 5.79. The van der Waals surface area contributed by atoms with Crippen molar-refractivity contribution in [2.45, 2.75) is 36.6 Å². The fourth-order valence-electron chi connectivity index (χ4n) is 3.34. The Bertz CT molecular complexity index is 1110. The van der Waals surface area contributed by atoms with Crippen LogP contribution in [0.15, 0.2) is 34.1 Å². The van der Waals surface area contributed by atoms with Crippen LogP contribution in [0.5, 0.6) is 0 Å². The van der Waals surface area contributed by atoms with Crippen LogP contribution < -0.4 is 5.32 Å². The minimum Gasteiger partial charge on any atom is -0.311 e. The van der Waals surface area contributed by atoms with Gasteiger partial charge in [-0.2, -0.15) is 5.10 Å². The smallest absolute Gasteiger partial charge is 0.212 e. The number of halogens is 1.